The van der Waals surface area contributed by atoms with Gasteiger partial charge in [0.05, 0.1) is 23.6 Å². The lowest BCUT2D eigenvalue weighted by atomic mass is 10.1. The number of rotatable bonds is 3. The molecule has 3 heteroatoms. The standard InChI is InChI=1S/C28H22N3/c1-29-18-19-30(28(29)21-10-4-2-5-11-21)23-16-17-27-25(20-23)24-14-8-9-15-26(24)31(27)22-12-6-3-7-13-22/h2-20H,1H3/q+1. The zero-order valence-corrected chi connectivity index (χ0v) is 17.3. The second-order valence-electron chi connectivity index (χ2n) is 7.86. The van der Waals surface area contributed by atoms with Crippen LogP contribution >= 0.6 is 0 Å². The molecule has 0 spiro atoms. The monoisotopic (exact) mass is 400 g/mol. The molecule has 0 saturated carbocycles. The summed E-state index contributed by atoms with van der Waals surface area (Å²) in [5, 5.41) is 2.52. The number of para-hydroxylation sites is 2. The highest BCUT2D eigenvalue weighted by Crippen LogP contribution is 2.33. The Balaban J connectivity index is 1.62. The summed E-state index contributed by atoms with van der Waals surface area (Å²) in [4.78, 5) is 0. The van der Waals surface area contributed by atoms with Crippen LogP contribution in [0.25, 0.3) is 44.6 Å². The zero-order valence-electron chi connectivity index (χ0n) is 17.3. The van der Waals surface area contributed by atoms with Crippen molar-refractivity contribution in [2.24, 2.45) is 7.05 Å². The maximum absolute atomic E-state index is 2.35. The zero-order chi connectivity index (χ0) is 20.8. The molecule has 31 heavy (non-hydrogen) atoms. The van der Waals surface area contributed by atoms with Gasteiger partial charge in [0.2, 0.25) is 0 Å². The van der Waals surface area contributed by atoms with Gasteiger partial charge >= 0.3 is 0 Å². The molecule has 0 atom stereocenters. The second-order valence-corrected chi connectivity index (χ2v) is 7.86. The van der Waals surface area contributed by atoms with Crippen molar-refractivity contribution >= 4 is 21.8 Å². The van der Waals surface area contributed by atoms with Crippen molar-refractivity contribution in [1.29, 1.82) is 0 Å². The van der Waals surface area contributed by atoms with Crippen LogP contribution in [0.3, 0.4) is 0 Å². The number of aryl methyl sites for hydroxylation is 1. The Morgan fingerprint density at radius 2 is 1.29 bits per heavy atom. The van der Waals surface area contributed by atoms with Crippen molar-refractivity contribution < 1.29 is 4.57 Å². The second kappa shape index (κ2) is 6.99. The Morgan fingerprint density at radius 3 is 2.10 bits per heavy atom. The number of hydrogen-bond donors (Lipinski definition) is 0. The average molecular weight is 401 g/mol. The Bertz CT molecular complexity index is 1520. The number of benzene rings is 4. The largest absolute Gasteiger partial charge is 0.309 e. The van der Waals surface area contributed by atoms with E-state index >= 15 is 0 Å². The molecular formula is C28H22N3+. The molecule has 0 unspecified atom stereocenters. The minimum Gasteiger partial charge on any atom is -0.309 e. The third-order valence-electron chi connectivity index (χ3n) is 5.98. The smallest absolute Gasteiger partial charge is 0.293 e. The molecule has 2 aromatic heterocycles. The van der Waals surface area contributed by atoms with Gasteiger partial charge in [0.1, 0.15) is 18.1 Å². The third-order valence-corrected chi connectivity index (χ3v) is 5.98. The summed E-state index contributed by atoms with van der Waals surface area (Å²) < 4.78 is 6.79. The topological polar surface area (TPSA) is 13.7 Å². The molecule has 0 radical (unpaired) electrons. The fourth-order valence-corrected chi connectivity index (χ4v) is 4.58. The predicted octanol–water partition coefficient (Wildman–Crippen LogP) is 6.07. The molecule has 0 saturated heterocycles. The fraction of sp³-hybridized carbons (Fsp3) is 0.0357. The average Bonchev–Trinajstić information content (AvgIpc) is 3.38. The van der Waals surface area contributed by atoms with E-state index in [-0.39, 0.29) is 0 Å². The van der Waals surface area contributed by atoms with Gasteiger partial charge in [-0.15, -0.1) is 0 Å². The molecule has 0 aliphatic rings. The van der Waals surface area contributed by atoms with E-state index in [2.05, 4.69) is 136 Å². The maximum Gasteiger partial charge on any atom is 0.293 e. The molecule has 0 fully saturated rings. The molecule has 6 rings (SSSR count). The van der Waals surface area contributed by atoms with Gasteiger partial charge in [-0.25, -0.2) is 4.57 Å². The van der Waals surface area contributed by atoms with E-state index in [1.807, 2.05) is 0 Å². The molecule has 148 valence electrons. The molecular weight excluding hydrogens is 378 g/mol. The Morgan fingerprint density at radius 1 is 0.613 bits per heavy atom. The summed E-state index contributed by atoms with van der Waals surface area (Å²) in [6.07, 6.45) is 4.25. The SMILES string of the molecule is C[n+]1ccn(-c2ccc3c(c2)c2ccccc2n3-c2ccccc2)c1-c1ccccc1. The van der Waals surface area contributed by atoms with Crippen molar-refractivity contribution in [3.63, 3.8) is 0 Å². The van der Waals surface area contributed by atoms with Crippen LogP contribution in [0, 0.1) is 0 Å². The maximum atomic E-state index is 2.35. The number of aromatic nitrogens is 3. The van der Waals surface area contributed by atoms with E-state index in [9.17, 15) is 0 Å². The van der Waals surface area contributed by atoms with Crippen molar-refractivity contribution in [1.82, 2.24) is 9.13 Å². The minimum absolute atomic E-state index is 1.16. The van der Waals surface area contributed by atoms with Gasteiger partial charge in [-0.05, 0) is 48.5 Å². The van der Waals surface area contributed by atoms with Gasteiger partial charge in [0.15, 0.2) is 0 Å². The van der Waals surface area contributed by atoms with Gasteiger partial charge in [-0.3, -0.25) is 0 Å². The minimum atomic E-state index is 1.16. The van der Waals surface area contributed by atoms with Crippen LogP contribution in [0.5, 0.6) is 0 Å². The predicted molar refractivity (Wildman–Crippen MR) is 127 cm³/mol. The van der Waals surface area contributed by atoms with Crippen molar-refractivity contribution in [3.05, 3.63) is 116 Å². The van der Waals surface area contributed by atoms with E-state index < -0.39 is 0 Å². The van der Waals surface area contributed by atoms with Crippen molar-refractivity contribution in [3.8, 4) is 22.8 Å². The van der Waals surface area contributed by atoms with Crippen molar-refractivity contribution in [2.75, 3.05) is 0 Å². The number of hydrogen-bond acceptors (Lipinski definition) is 0. The first-order chi connectivity index (χ1) is 15.3. The van der Waals surface area contributed by atoms with Crippen LogP contribution in [0.2, 0.25) is 0 Å². The lowest BCUT2D eigenvalue weighted by Gasteiger charge is -2.08. The van der Waals surface area contributed by atoms with Gasteiger partial charge in [-0.1, -0.05) is 54.6 Å². The fourth-order valence-electron chi connectivity index (χ4n) is 4.58. The van der Waals surface area contributed by atoms with Gasteiger partial charge < -0.3 is 4.57 Å². The normalized spacial score (nSPS) is 11.4. The Labute approximate surface area is 181 Å². The molecule has 0 bridgehead atoms. The van der Waals surface area contributed by atoms with Crippen LogP contribution in [-0.4, -0.2) is 9.13 Å². The lowest BCUT2D eigenvalue weighted by Crippen LogP contribution is -2.28. The van der Waals surface area contributed by atoms with E-state index in [0.717, 1.165) is 11.5 Å². The summed E-state index contributed by atoms with van der Waals surface area (Å²) in [6, 6.07) is 36.5. The summed E-state index contributed by atoms with van der Waals surface area (Å²) in [5.74, 6) is 1.16. The van der Waals surface area contributed by atoms with Crippen molar-refractivity contribution in [2.45, 2.75) is 0 Å². The lowest BCUT2D eigenvalue weighted by molar-refractivity contribution is -0.659. The van der Waals surface area contributed by atoms with Gasteiger partial charge in [0.25, 0.3) is 5.82 Å². The van der Waals surface area contributed by atoms with Crippen LogP contribution in [-0.2, 0) is 7.05 Å². The van der Waals surface area contributed by atoms with E-state index in [0.29, 0.717) is 0 Å². The quantitative estimate of drug-likeness (QED) is 0.320. The van der Waals surface area contributed by atoms with Crippen LogP contribution in [0.4, 0.5) is 0 Å². The van der Waals surface area contributed by atoms with E-state index in [4.69, 9.17) is 0 Å². The van der Waals surface area contributed by atoms with Crippen LogP contribution < -0.4 is 4.57 Å². The highest BCUT2D eigenvalue weighted by Gasteiger charge is 2.20. The third kappa shape index (κ3) is 2.78. The van der Waals surface area contributed by atoms with Gasteiger partial charge in [0, 0.05) is 16.5 Å². The highest BCUT2D eigenvalue weighted by molar-refractivity contribution is 6.09. The Kier molecular flexibility index (Phi) is 4.00. The first kappa shape index (κ1) is 17.7. The van der Waals surface area contributed by atoms with E-state index in [1.165, 1.54) is 33.1 Å². The first-order valence-electron chi connectivity index (χ1n) is 10.5. The number of imidazole rings is 1. The summed E-state index contributed by atoms with van der Waals surface area (Å²) in [5.41, 5.74) is 5.97. The molecule has 0 aliphatic carbocycles. The van der Waals surface area contributed by atoms with Crippen LogP contribution in [0.1, 0.15) is 0 Å². The van der Waals surface area contributed by atoms with Gasteiger partial charge in [-0.2, -0.15) is 4.57 Å². The van der Waals surface area contributed by atoms with Crippen LogP contribution in [0.15, 0.2) is 116 Å². The molecule has 3 nitrogen and oxygen atoms in total. The molecule has 4 aromatic carbocycles. The molecule has 6 aromatic rings. The summed E-state index contributed by atoms with van der Waals surface area (Å²) in [7, 11) is 2.10. The Hall–Kier alpha value is -4.11. The molecule has 0 amide bonds. The number of fused-ring (bicyclic) bond motifs is 3. The first-order valence-corrected chi connectivity index (χ1v) is 10.5. The molecule has 0 aliphatic heterocycles. The van der Waals surface area contributed by atoms with E-state index in [1.54, 1.807) is 0 Å². The summed E-state index contributed by atoms with van der Waals surface area (Å²) in [6.45, 7) is 0. The highest BCUT2D eigenvalue weighted by atomic mass is 15.1. The molecule has 2 heterocycles. The summed E-state index contributed by atoms with van der Waals surface area (Å²) >= 11 is 0. The molecule has 0 N–H and O–H groups in total. The number of nitrogens with zero attached hydrogens (tertiary/aromatic N) is 3.